The molecule has 1 aliphatic heterocycles. The van der Waals surface area contributed by atoms with E-state index in [-0.39, 0.29) is 30.2 Å². The molecular weight excluding hydrogens is 304 g/mol. The van der Waals surface area contributed by atoms with E-state index in [1.165, 1.54) is 18.2 Å². The highest BCUT2D eigenvalue weighted by Gasteiger charge is 2.32. The Morgan fingerprint density at radius 1 is 1.43 bits per heavy atom. The molecule has 1 aromatic rings. The van der Waals surface area contributed by atoms with Crippen LogP contribution < -0.4 is 13.8 Å². The van der Waals surface area contributed by atoms with Gasteiger partial charge in [-0.25, -0.2) is 18.6 Å². The molecule has 0 unspecified atom stereocenters. The van der Waals surface area contributed by atoms with Crippen LogP contribution in [0.2, 0.25) is 0 Å². The maximum absolute atomic E-state index is 12.1. The molecule has 0 bridgehead atoms. The lowest BCUT2D eigenvalue weighted by Crippen LogP contribution is -2.47. The molecule has 1 heterocycles. The predicted molar refractivity (Wildman–Crippen MR) is 70.7 cm³/mol. The van der Waals surface area contributed by atoms with Crippen LogP contribution in [0.5, 0.6) is 5.75 Å². The number of fused-ring (bicyclic) bond motifs is 1. The molecule has 1 aromatic carbocycles. The van der Waals surface area contributed by atoms with Gasteiger partial charge in [-0.05, 0) is 12.1 Å². The fourth-order valence-electron chi connectivity index (χ4n) is 1.84. The van der Waals surface area contributed by atoms with E-state index in [0.717, 1.165) is 11.4 Å². The van der Waals surface area contributed by atoms with Crippen molar-refractivity contribution < 1.29 is 32.6 Å². The first-order valence-electron chi connectivity index (χ1n) is 5.74. The second-order valence-electron chi connectivity index (χ2n) is 3.98. The summed E-state index contributed by atoms with van der Waals surface area (Å²) in [6.45, 7) is -0.109. The minimum absolute atomic E-state index is 0.0394. The number of benzene rings is 1. The number of rotatable bonds is 3. The van der Waals surface area contributed by atoms with Gasteiger partial charge in [0.05, 0.1) is 19.3 Å². The quantitative estimate of drug-likeness (QED) is 0.815. The highest BCUT2D eigenvalue weighted by Crippen LogP contribution is 2.36. The van der Waals surface area contributed by atoms with Crippen LogP contribution in [0.25, 0.3) is 0 Å². The fourth-order valence-corrected chi connectivity index (χ4v) is 2.97. The largest absolute Gasteiger partial charge is 0.489 e. The number of nitrogens with zero attached hydrogens (tertiary/aromatic N) is 1. The Hall–Kier alpha value is -2.49. The molecule has 1 aliphatic rings. The molecule has 10 heteroatoms. The number of hydrogen-bond acceptors (Lipinski definition) is 6. The lowest BCUT2D eigenvalue weighted by atomic mass is 10.1. The zero-order valence-electron chi connectivity index (χ0n) is 10.9. The summed E-state index contributed by atoms with van der Waals surface area (Å²) in [6, 6.07) is 4.07. The third kappa shape index (κ3) is 2.84. The van der Waals surface area contributed by atoms with E-state index in [9.17, 15) is 18.0 Å². The summed E-state index contributed by atoms with van der Waals surface area (Å²) in [5.74, 6) is -1.31. The third-order valence-corrected chi connectivity index (χ3v) is 4.11. The molecule has 114 valence electrons. The lowest BCUT2D eigenvalue weighted by Gasteiger charge is -2.30. The molecule has 0 spiro atoms. The van der Waals surface area contributed by atoms with Crippen LogP contribution in [0.1, 0.15) is 10.4 Å². The molecule has 0 fully saturated rings. The number of aromatic carboxylic acids is 1. The monoisotopic (exact) mass is 316 g/mol. The van der Waals surface area contributed by atoms with Gasteiger partial charge >= 0.3 is 22.3 Å². The van der Waals surface area contributed by atoms with E-state index >= 15 is 0 Å². The van der Waals surface area contributed by atoms with Crippen molar-refractivity contribution in [2.24, 2.45) is 0 Å². The summed E-state index contributed by atoms with van der Waals surface area (Å²) in [4.78, 5) is 22.2. The Morgan fingerprint density at radius 2 is 2.14 bits per heavy atom. The minimum Gasteiger partial charge on any atom is -0.489 e. The van der Waals surface area contributed by atoms with Crippen molar-refractivity contribution in [1.82, 2.24) is 4.72 Å². The summed E-state index contributed by atoms with van der Waals surface area (Å²) in [5.41, 5.74) is -0.122. The number of carboxylic acids is 1. The number of para-hydroxylation sites is 1. The summed E-state index contributed by atoms with van der Waals surface area (Å²) >= 11 is 0. The molecule has 1 amide bonds. The third-order valence-electron chi connectivity index (χ3n) is 2.72. The van der Waals surface area contributed by atoms with Gasteiger partial charge in [0.15, 0.2) is 5.75 Å². The first-order valence-corrected chi connectivity index (χ1v) is 7.18. The highest BCUT2D eigenvalue weighted by atomic mass is 32.2. The number of amides is 1. The van der Waals surface area contributed by atoms with Crippen LogP contribution in [0.3, 0.4) is 0 Å². The molecule has 0 aromatic heterocycles. The van der Waals surface area contributed by atoms with Crippen molar-refractivity contribution in [2.75, 3.05) is 24.6 Å². The number of nitrogens with one attached hydrogen (secondary N) is 1. The fraction of sp³-hybridized carbons (Fsp3) is 0.273. The van der Waals surface area contributed by atoms with Crippen LogP contribution in [-0.4, -0.2) is 45.8 Å². The number of ether oxygens (including phenoxy) is 2. The normalized spacial score (nSPS) is 13.9. The molecular formula is C11H12N2O7S. The molecule has 2 rings (SSSR count). The average molecular weight is 316 g/mol. The topological polar surface area (TPSA) is 122 Å². The van der Waals surface area contributed by atoms with Gasteiger partial charge in [0.2, 0.25) is 0 Å². The van der Waals surface area contributed by atoms with Crippen molar-refractivity contribution in [3.05, 3.63) is 23.8 Å². The van der Waals surface area contributed by atoms with Crippen molar-refractivity contribution >= 4 is 28.0 Å². The van der Waals surface area contributed by atoms with Gasteiger partial charge in [-0.15, -0.1) is 0 Å². The number of carbonyl (C=O) groups is 2. The first kappa shape index (κ1) is 14.9. The van der Waals surface area contributed by atoms with Gasteiger partial charge in [0.1, 0.15) is 12.2 Å². The SMILES string of the molecule is COC(=O)NS(=O)(=O)N1CCOc2c(C(=O)O)cccc21. The summed E-state index contributed by atoms with van der Waals surface area (Å²) in [5, 5.41) is 9.08. The van der Waals surface area contributed by atoms with Crippen molar-refractivity contribution in [1.29, 1.82) is 0 Å². The summed E-state index contributed by atoms with van der Waals surface area (Å²) in [7, 11) is -3.19. The highest BCUT2D eigenvalue weighted by molar-refractivity contribution is 7.91. The number of carbonyl (C=O) groups excluding carboxylic acids is 1. The van der Waals surface area contributed by atoms with E-state index in [4.69, 9.17) is 9.84 Å². The summed E-state index contributed by atoms with van der Waals surface area (Å²) < 4.78 is 36.3. The Labute approximate surface area is 120 Å². The maximum atomic E-state index is 12.1. The van der Waals surface area contributed by atoms with E-state index in [0.29, 0.717) is 0 Å². The Balaban J connectivity index is 2.46. The molecule has 21 heavy (non-hydrogen) atoms. The molecule has 2 N–H and O–H groups in total. The maximum Gasteiger partial charge on any atom is 0.422 e. The van der Waals surface area contributed by atoms with E-state index in [2.05, 4.69) is 4.74 Å². The molecule has 0 atom stereocenters. The van der Waals surface area contributed by atoms with Crippen LogP contribution in [0, 0.1) is 0 Å². The van der Waals surface area contributed by atoms with Gasteiger partial charge in [0, 0.05) is 0 Å². The molecule has 9 nitrogen and oxygen atoms in total. The average Bonchev–Trinajstić information content (AvgIpc) is 2.45. The lowest BCUT2D eigenvalue weighted by molar-refractivity contribution is 0.0692. The molecule has 0 saturated carbocycles. The number of methoxy groups -OCH3 is 1. The number of anilines is 1. The Kier molecular flexibility index (Phi) is 3.89. The van der Waals surface area contributed by atoms with Gasteiger partial charge in [-0.1, -0.05) is 6.07 Å². The van der Waals surface area contributed by atoms with E-state index in [1.807, 2.05) is 0 Å². The van der Waals surface area contributed by atoms with Gasteiger partial charge in [-0.3, -0.25) is 0 Å². The summed E-state index contributed by atoms with van der Waals surface area (Å²) in [6.07, 6.45) is -1.14. The van der Waals surface area contributed by atoms with Crippen molar-refractivity contribution in [3.63, 3.8) is 0 Å². The van der Waals surface area contributed by atoms with Crippen LogP contribution in [-0.2, 0) is 14.9 Å². The van der Waals surface area contributed by atoms with Gasteiger partial charge in [-0.2, -0.15) is 8.42 Å². The predicted octanol–water partition coefficient (Wildman–Crippen LogP) is 0.184. The van der Waals surface area contributed by atoms with Crippen LogP contribution in [0.4, 0.5) is 10.5 Å². The van der Waals surface area contributed by atoms with E-state index in [1.54, 1.807) is 4.72 Å². The zero-order valence-corrected chi connectivity index (χ0v) is 11.7. The standard InChI is InChI=1S/C11H12N2O7S/c1-19-11(16)12-21(17,18)13-5-6-20-9-7(10(14)15)3-2-4-8(9)13/h2-4H,5-6H2,1H3,(H,12,16)(H,14,15). The van der Waals surface area contributed by atoms with Crippen LogP contribution in [0.15, 0.2) is 18.2 Å². The molecule has 0 saturated heterocycles. The Morgan fingerprint density at radius 3 is 2.76 bits per heavy atom. The minimum atomic E-state index is -4.21. The number of hydrogen-bond donors (Lipinski definition) is 2. The second kappa shape index (κ2) is 5.48. The zero-order chi connectivity index (χ0) is 15.6. The van der Waals surface area contributed by atoms with E-state index < -0.39 is 22.3 Å². The number of carboxylic acid groups (broad SMARTS) is 1. The first-order chi connectivity index (χ1) is 9.86. The van der Waals surface area contributed by atoms with Gasteiger partial charge in [0.25, 0.3) is 0 Å². The van der Waals surface area contributed by atoms with Gasteiger partial charge < -0.3 is 14.6 Å². The van der Waals surface area contributed by atoms with Crippen LogP contribution >= 0.6 is 0 Å². The van der Waals surface area contributed by atoms with Crippen molar-refractivity contribution in [2.45, 2.75) is 0 Å². The Bertz CT molecular complexity index is 686. The smallest absolute Gasteiger partial charge is 0.422 e. The molecule has 0 aliphatic carbocycles. The molecule has 0 radical (unpaired) electrons. The van der Waals surface area contributed by atoms with Crippen molar-refractivity contribution in [3.8, 4) is 5.75 Å². The second-order valence-corrected chi connectivity index (χ2v) is 5.57.